The highest BCUT2D eigenvalue weighted by Gasteiger charge is 2.20. The van der Waals surface area contributed by atoms with Crippen molar-refractivity contribution in [3.63, 3.8) is 0 Å². The molecule has 0 heterocycles. The van der Waals surface area contributed by atoms with Gasteiger partial charge in [0.2, 0.25) is 5.91 Å². The maximum absolute atomic E-state index is 11.1. The summed E-state index contributed by atoms with van der Waals surface area (Å²) < 4.78 is 0. The zero-order chi connectivity index (χ0) is 11.3. The molecule has 0 aliphatic carbocycles. The molecular formula is C13H19NO. The molecule has 0 aliphatic rings. The van der Waals surface area contributed by atoms with Crippen LogP contribution >= 0.6 is 0 Å². The molecule has 0 radical (unpaired) electrons. The molecule has 2 heteroatoms. The van der Waals surface area contributed by atoms with Crippen LogP contribution in [0.25, 0.3) is 0 Å². The highest BCUT2D eigenvalue weighted by molar-refractivity contribution is 5.76. The average Bonchev–Trinajstić information content (AvgIpc) is 2.26. The van der Waals surface area contributed by atoms with E-state index in [-0.39, 0.29) is 11.8 Å². The molecule has 2 atom stereocenters. The van der Waals surface area contributed by atoms with Crippen molar-refractivity contribution in [3.8, 4) is 0 Å². The van der Waals surface area contributed by atoms with Crippen molar-refractivity contribution < 1.29 is 4.79 Å². The van der Waals surface area contributed by atoms with Crippen molar-refractivity contribution in [1.82, 2.24) is 0 Å². The SMILES string of the molecule is CCC(Cc1ccccc1)C(C)C(N)=O. The number of hydrogen-bond acceptors (Lipinski definition) is 1. The fourth-order valence-electron chi connectivity index (χ4n) is 1.82. The molecule has 1 amide bonds. The van der Waals surface area contributed by atoms with Crippen molar-refractivity contribution in [1.29, 1.82) is 0 Å². The summed E-state index contributed by atoms with van der Waals surface area (Å²) in [6.07, 6.45) is 1.92. The van der Waals surface area contributed by atoms with E-state index in [1.807, 2.05) is 25.1 Å². The van der Waals surface area contributed by atoms with Crippen molar-refractivity contribution in [3.05, 3.63) is 35.9 Å². The minimum Gasteiger partial charge on any atom is -0.369 e. The van der Waals surface area contributed by atoms with E-state index in [9.17, 15) is 4.79 Å². The lowest BCUT2D eigenvalue weighted by molar-refractivity contribution is -0.122. The molecule has 0 bridgehead atoms. The van der Waals surface area contributed by atoms with Gasteiger partial charge >= 0.3 is 0 Å². The Kier molecular flexibility index (Phi) is 4.35. The van der Waals surface area contributed by atoms with E-state index in [0.29, 0.717) is 5.92 Å². The summed E-state index contributed by atoms with van der Waals surface area (Å²) in [5.74, 6) is 0.109. The standard InChI is InChI=1S/C13H19NO/c1-3-12(10(2)13(14)15)9-11-7-5-4-6-8-11/h4-8,10,12H,3,9H2,1-2H3,(H2,14,15). The van der Waals surface area contributed by atoms with Crippen LogP contribution < -0.4 is 5.73 Å². The first-order chi connectivity index (χ1) is 7.15. The summed E-state index contributed by atoms with van der Waals surface area (Å²) in [6, 6.07) is 10.2. The van der Waals surface area contributed by atoms with Crippen molar-refractivity contribution in [2.75, 3.05) is 0 Å². The first-order valence-corrected chi connectivity index (χ1v) is 5.48. The fraction of sp³-hybridized carbons (Fsp3) is 0.462. The Morgan fingerprint density at radius 2 is 1.93 bits per heavy atom. The minimum absolute atomic E-state index is 0.0461. The van der Waals surface area contributed by atoms with Gasteiger partial charge < -0.3 is 5.73 Å². The Labute approximate surface area is 91.5 Å². The number of amides is 1. The number of carbonyl (C=O) groups is 1. The summed E-state index contributed by atoms with van der Waals surface area (Å²) in [5, 5.41) is 0. The number of nitrogens with two attached hydrogens (primary N) is 1. The van der Waals surface area contributed by atoms with Gasteiger partial charge in [0.1, 0.15) is 0 Å². The highest BCUT2D eigenvalue weighted by atomic mass is 16.1. The molecule has 15 heavy (non-hydrogen) atoms. The smallest absolute Gasteiger partial charge is 0.220 e. The first kappa shape index (κ1) is 11.8. The molecule has 1 aromatic carbocycles. The lowest BCUT2D eigenvalue weighted by Crippen LogP contribution is -2.28. The first-order valence-electron chi connectivity index (χ1n) is 5.48. The molecule has 2 unspecified atom stereocenters. The third-order valence-electron chi connectivity index (χ3n) is 3.02. The van der Waals surface area contributed by atoms with Gasteiger partial charge in [-0.15, -0.1) is 0 Å². The van der Waals surface area contributed by atoms with Gasteiger partial charge in [-0.3, -0.25) is 4.79 Å². The Balaban J connectivity index is 2.66. The van der Waals surface area contributed by atoms with Crippen LogP contribution in [0.4, 0.5) is 0 Å². The van der Waals surface area contributed by atoms with Crippen LogP contribution in [0.1, 0.15) is 25.8 Å². The topological polar surface area (TPSA) is 43.1 Å². The Morgan fingerprint density at radius 1 is 1.33 bits per heavy atom. The van der Waals surface area contributed by atoms with Crippen LogP contribution in [-0.2, 0) is 11.2 Å². The molecule has 1 aromatic rings. The Morgan fingerprint density at radius 3 is 2.40 bits per heavy atom. The predicted octanol–water partition coefficient (Wildman–Crippen LogP) is 2.38. The molecule has 0 fully saturated rings. The molecule has 0 saturated carbocycles. The summed E-state index contributed by atoms with van der Waals surface area (Å²) in [4.78, 5) is 11.1. The molecule has 0 saturated heterocycles. The minimum atomic E-state index is -0.196. The van der Waals surface area contributed by atoms with Crippen LogP contribution in [-0.4, -0.2) is 5.91 Å². The molecule has 2 N–H and O–H groups in total. The summed E-state index contributed by atoms with van der Waals surface area (Å²) >= 11 is 0. The second kappa shape index (κ2) is 5.54. The van der Waals surface area contributed by atoms with E-state index in [1.54, 1.807) is 0 Å². The summed E-state index contributed by atoms with van der Waals surface area (Å²) in [7, 11) is 0. The summed E-state index contributed by atoms with van der Waals surface area (Å²) in [5.41, 5.74) is 6.60. The monoisotopic (exact) mass is 205 g/mol. The van der Waals surface area contributed by atoms with E-state index >= 15 is 0 Å². The van der Waals surface area contributed by atoms with Crippen LogP contribution in [0.3, 0.4) is 0 Å². The van der Waals surface area contributed by atoms with E-state index in [0.717, 1.165) is 12.8 Å². The van der Waals surface area contributed by atoms with Crippen molar-refractivity contribution >= 4 is 5.91 Å². The average molecular weight is 205 g/mol. The Hall–Kier alpha value is -1.31. The molecule has 0 aromatic heterocycles. The number of rotatable bonds is 5. The number of carbonyl (C=O) groups excluding carboxylic acids is 1. The zero-order valence-corrected chi connectivity index (χ0v) is 9.44. The van der Waals surface area contributed by atoms with Crippen LogP contribution in [0.2, 0.25) is 0 Å². The maximum Gasteiger partial charge on any atom is 0.220 e. The normalized spacial score (nSPS) is 14.5. The highest BCUT2D eigenvalue weighted by Crippen LogP contribution is 2.20. The third-order valence-corrected chi connectivity index (χ3v) is 3.02. The van der Waals surface area contributed by atoms with Crippen LogP contribution in [0.15, 0.2) is 30.3 Å². The van der Waals surface area contributed by atoms with Gasteiger partial charge in [-0.2, -0.15) is 0 Å². The lowest BCUT2D eigenvalue weighted by Gasteiger charge is -2.19. The fourth-order valence-corrected chi connectivity index (χ4v) is 1.82. The third kappa shape index (κ3) is 3.39. The molecule has 82 valence electrons. The predicted molar refractivity (Wildman–Crippen MR) is 62.3 cm³/mol. The van der Waals surface area contributed by atoms with Crippen LogP contribution in [0, 0.1) is 11.8 Å². The van der Waals surface area contributed by atoms with E-state index in [2.05, 4.69) is 19.1 Å². The molecule has 0 spiro atoms. The molecule has 2 nitrogen and oxygen atoms in total. The number of hydrogen-bond donors (Lipinski definition) is 1. The Bertz CT molecular complexity index is 308. The van der Waals surface area contributed by atoms with E-state index in [1.165, 1.54) is 5.56 Å². The molecule has 1 rings (SSSR count). The van der Waals surface area contributed by atoms with Gasteiger partial charge in [-0.05, 0) is 17.9 Å². The van der Waals surface area contributed by atoms with Crippen LogP contribution in [0.5, 0.6) is 0 Å². The van der Waals surface area contributed by atoms with E-state index in [4.69, 9.17) is 5.73 Å². The van der Waals surface area contributed by atoms with Gasteiger partial charge in [0, 0.05) is 5.92 Å². The van der Waals surface area contributed by atoms with Gasteiger partial charge in [0.15, 0.2) is 0 Å². The quantitative estimate of drug-likeness (QED) is 0.788. The van der Waals surface area contributed by atoms with Gasteiger partial charge in [-0.25, -0.2) is 0 Å². The largest absolute Gasteiger partial charge is 0.369 e. The summed E-state index contributed by atoms with van der Waals surface area (Å²) in [6.45, 7) is 4.02. The molecule has 0 aliphatic heterocycles. The number of benzene rings is 1. The van der Waals surface area contributed by atoms with E-state index < -0.39 is 0 Å². The maximum atomic E-state index is 11.1. The zero-order valence-electron chi connectivity index (χ0n) is 9.44. The van der Waals surface area contributed by atoms with Crippen molar-refractivity contribution in [2.24, 2.45) is 17.6 Å². The van der Waals surface area contributed by atoms with Gasteiger partial charge in [-0.1, -0.05) is 50.6 Å². The molecular weight excluding hydrogens is 186 g/mol. The second-order valence-electron chi connectivity index (χ2n) is 4.05. The lowest BCUT2D eigenvalue weighted by atomic mass is 9.85. The second-order valence-corrected chi connectivity index (χ2v) is 4.05. The van der Waals surface area contributed by atoms with Gasteiger partial charge in [0.05, 0.1) is 0 Å². The van der Waals surface area contributed by atoms with Crippen molar-refractivity contribution in [2.45, 2.75) is 26.7 Å². The number of primary amides is 1. The van der Waals surface area contributed by atoms with Gasteiger partial charge in [0.25, 0.3) is 0 Å².